The van der Waals surface area contributed by atoms with Gasteiger partial charge < -0.3 is 43.8 Å². The first kappa shape index (κ1) is 23.5. The lowest BCUT2D eigenvalue weighted by Gasteiger charge is -2.15. The molecule has 192 valence electrons. The fourth-order valence-electron chi connectivity index (χ4n) is 4.63. The van der Waals surface area contributed by atoms with Gasteiger partial charge in [0.1, 0.15) is 54.7 Å². The number of ether oxygens (including phenoxy) is 6. The van der Waals surface area contributed by atoms with Gasteiger partial charge in [0.2, 0.25) is 0 Å². The first-order chi connectivity index (χ1) is 17.5. The molecule has 0 saturated carbocycles. The number of aliphatic hydroxyl groups is 1. The van der Waals surface area contributed by atoms with Gasteiger partial charge in [-0.05, 0) is 6.07 Å². The third kappa shape index (κ3) is 4.28. The van der Waals surface area contributed by atoms with E-state index in [9.17, 15) is 9.50 Å². The normalized spacial score (nSPS) is 26.6. The zero-order valence-corrected chi connectivity index (χ0v) is 20.0. The van der Waals surface area contributed by atoms with Crippen LogP contribution in [0.5, 0.6) is 17.5 Å². The third-order valence-corrected chi connectivity index (χ3v) is 6.62. The highest BCUT2D eigenvalue weighted by molar-refractivity contribution is 6.33. The van der Waals surface area contributed by atoms with Gasteiger partial charge in [-0.25, -0.2) is 9.37 Å². The zero-order chi connectivity index (χ0) is 24.8. The number of aromatic nitrogens is 3. The predicted molar refractivity (Wildman–Crippen MR) is 124 cm³/mol. The van der Waals surface area contributed by atoms with Crippen LogP contribution < -0.4 is 19.5 Å². The maximum Gasteiger partial charge on any atom is 0.296 e. The predicted octanol–water partition coefficient (Wildman–Crippen LogP) is 2.23. The SMILES string of the molecule is COCCOc1cc(F)c2c(c1)OCC2Nc1nc2nc(O[C@@H]3CO[C@H]4[C@@H]3OC[C@H]4O)[nH]c2cc1Cl. The van der Waals surface area contributed by atoms with E-state index < -0.39 is 30.2 Å². The first-order valence-electron chi connectivity index (χ1n) is 11.5. The highest BCUT2D eigenvalue weighted by atomic mass is 35.5. The fraction of sp³-hybridized carbons (Fsp3) is 0.478. The molecule has 5 heterocycles. The summed E-state index contributed by atoms with van der Waals surface area (Å²) in [6, 6.07) is 4.35. The van der Waals surface area contributed by atoms with Gasteiger partial charge in [-0.1, -0.05) is 11.6 Å². The fourth-order valence-corrected chi connectivity index (χ4v) is 4.84. The molecule has 3 aliphatic rings. The van der Waals surface area contributed by atoms with Crippen molar-refractivity contribution >= 4 is 28.6 Å². The summed E-state index contributed by atoms with van der Waals surface area (Å²) in [4.78, 5) is 11.9. The summed E-state index contributed by atoms with van der Waals surface area (Å²) >= 11 is 6.47. The minimum atomic E-state index is -0.669. The Hall–Kier alpha value is -2.90. The maximum atomic E-state index is 14.9. The molecule has 2 aromatic heterocycles. The van der Waals surface area contributed by atoms with Gasteiger partial charge >= 0.3 is 0 Å². The first-order valence-corrected chi connectivity index (χ1v) is 11.9. The van der Waals surface area contributed by atoms with Crippen LogP contribution in [0.15, 0.2) is 18.2 Å². The molecule has 5 atom stereocenters. The summed E-state index contributed by atoms with van der Waals surface area (Å²) in [7, 11) is 1.56. The van der Waals surface area contributed by atoms with Crippen molar-refractivity contribution in [2.45, 2.75) is 30.5 Å². The minimum Gasteiger partial charge on any atom is -0.491 e. The number of pyridine rings is 1. The lowest BCUT2D eigenvalue weighted by molar-refractivity contribution is 0.00706. The molecule has 0 aliphatic carbocycles. The lowest BCUT2D eigenvalue weighted by atomic mass is 10.1. The van der Waals surface area contributed by atoms with E-state index in [1.165, 1.54) is 6.07 Å². The van der Waals surface area contributed by atoms with Gasteiger partial charge in [0, 0.05) is 19.2 Å². The number of methoxy groups -OCH3 is 1. The van der Waals surface area contributed by atoms with E-state index in [1.54, 1.807) is 19.2 Å². The summed E-state index contributed by atoms with van der Waals surface area (Å²) < 4.78 is 48.2. The largest absolute Gasteiger partial charge is 0.491 e. The molecule has 36 heavy (non-hydrogen) atoms. The van der Waals surface area contributed by atoms with E-state index in [-0.39, 0.29) is 31.9 Å². The van der Waals surface area contributed by atoms with E-state index in [0.29, 0.717) is 52.3 Å². The molecule has 6 rings (SSSR count). The second-order valence-electron chi connectivity index (χ2n) is 8.72. The van der Waals surface area contributed by atoms with E-state index in [2.05, 4.69) is 20.3 Å². The van der Waals surface area contributed by atoms with Crippen molar-refractivity contribution in [1.29, 1.82) is 0 Å². The van der Waals surface area contributed by atoms with Crippen LogP contribution in [0, 0.1) is 5.82 Å². The highest BCUT2D eigenvalue weighted by Crippen LogP contribution is 2.40. The van der Waals surface area contributed by atoms with Gasteiger partial charge in [-0.2, -0.15) is 4.98 Å². The Morgan fingerprint density at radius 3 is 2.89 bits per heavy atom. The molecule has 0 bridgehead atoms. The summed E-state index contributed by atoms with van der Waals surface area (Å²) in [6.45, 7) is 1.36. The van der Waals surface area contributed by atoms with Gasteiger partial charge in [-0.3, -0.25) is 0 Å². The van der Waals surface area contributed by atoms with Crippen LogP contribution in [0.2, 0.25) is 5.02 Å². The standard InChI is InChI=1S/C23H24ClFN4O7/c1-31-2-3-32-10-4-12(25)18-14(7-33-16(18)5-10)26-21-11(24)6-13-22(28-21)29-23(27-13)36-17-9-35-19-15(30)8-34-20(17)19/h4-6,14-15,17,19-20,30H,2-3,7-9H2,1H3,(H2,26,27,28,29)/t14?,15-,17-,19-,20-/m1/s1. The number of fused-ring (bicyclic) bond motifs is 3. The summed E-state index contributed by atoms with van der Waals surface area (Å²) in [5.74, 6) is 0.625. The van der Waals surface area contributed by atoms with Crippen LogP contribution in [0.1, 0.15) is 11.6 Å². The average Bonchev–Trinajstić information content (AvgIpc) is 3.61. The molecule has 11 nitrogen and oxygen atoms in total. The highest BCUT2D eigenvalue weighted by Gasteiger charge is 2.48. The van der Waals surface area contributed by atoms with Gasteiger partial charge in [0.15, 0.2) is 11.8 Å². The van der Waals surface area contributed by atoms with E-state index >= 15 is 0 Å². The molecule has 3 aliphatic heterocycles. The number of nitrogens with zero attached hydrogens (tertiary/aromatic N) is 2. The molecule has 3 aromatic rings. The topological polar surface area (TPSA) is 129 Å². The Morgan fingerprint density at radius 1 is 1.17 bits per heavy atom. The molecule has 0 spiro atoms. The number of hydrogen-bond acceptors (Lipinski definition) is 10. The smallest absolute Gasteiger partial charge is 0.296 e. The third-order valence-electron chi connectivity index (χ3n) is 6.34. The van der Waals surface area contributed by atoms with Gasteiger partial charge in [-0.15, -0.1) is 0 Å². The van der Waals surface area contributed by atoms with Crippen molar-refractivity contribution in [2.75, 3.05) is 45.5 Å². The van der Waals surface area contributed by atoms with E-state index in [4.69, 9.17) is 40.0 Å². The van der Waals surface area contributed by atoms with Crippen LogP contribution in [-0.4, -0.2) is 84.6 Å². The second-order valence-corrected chi connectivity index (χ2v) is 9.12. The summed E-state index contributed by atoms with van der Waals surface area (Å²) in [6.07, 6.45) is -1.87. The second kappa shape index (κ2) is 9.52. The van der Waals surface area contributed by atoms with Crippen LogP contribution in [0.25, 0.3) is 11.2 Å². The number of imidazole rings is 1. The molecule has 0 amide bonds. The Labute approximate surface area is 209 Å². The molecule has 2 fully saturated rings. The van der Waals surface area contributed by atoms with E-state index in [0.717, 1.165) is 0 Å². The number of hydrogen-bond donors (Lipinski definition) is 3. The number of halogens is 2. The zero-order valence-electron chi connectivity index (χ0n) is 19.2. The Kier molecular flexibility index (Phi) is 6.21. The molecule has 2 saturated heterocycles. The Balaban J connectivity index is 1.18. The van der Waals surface area contributed by atoms with Crippen molar-refractivity contribution < 1.29 is 37.9 Å². The number of nitrogens with one attached hydrogen (secondary N) is 2. The monoisotopic (exact) mass is 522 g/mol. The number of benzene rings is 1. The maximum absolute atomic E-state index is 14.9. The molecule has 3 N–H and O–H groups in total. The molecular formula is C23H24ClFN4O7. The van der Waals surface area contributed by atoms with Crippen molar-refractivity contribution in [3.8, 4) is 17.5 Å². The Bertz CT molecular complexity index is 1280. The molecular weight excluding hydrogens is 499 g/mol. The lowest BCUT2D eigenvalue weighted by Crippen LogP contribution is -2.34. The number of anilines is 1. The molecule has 0 radical (unpaired) electrons. The molecule has 13 heteroatoms. The summed E-state index contributed by atoms with van der Waals surface area (Å²) in [5, 5.41) is 13.4. The van der Waals surface area contributed by atoms with Crippen LogP contribution in [0.4, 0.5) is 10.2 Å². The number of rotatable bonds is 8. The van der Waals surface area contributed by atoms with Crippen molar-refractivity contribution in [1.82, 2.24) is 15.0 Å². The molecule has 1 aromatic carbocycles. The van der Waals surface area contributed by atoms with Gasteiger partial charge in [0.05, 0.1) is 42.0 Å². The van der Waals surface area contributed by atoms with Crippen molar-refractivity contribution in [3.05, 3.63) is 34.6 Å². The van der Waals surface area contributed by atoms with Crippen molar-refractivity contribution in [3.63, 3.8) is 0 Å². The molecule has 1 unspecified atom stereocenters. The minimum absolute atomic E-state index is 0.189. The van der Waals surface area contributed by atoms with Crippen LogP contribution in [-0.2, 0) is 14.2 Å². The van der Waals surface area contributed by atoms with Gasteiger partial charge in [0.25, 0.3) is 6.01 Å². The van der Waals surface area contributed by atoms with Crippen LogP contribution >= 0.6 is 11.6 Å². The number of aliphatic hydroxyl groups excluding tert-OH is 1. The van der Waals surface area contributed by atoms with Crippen LogP contribution in [0.3, 0.4) is 0 Å². The number of aromatic amines is 1. The summed E-state index contributed by atoms with van der Waals surface area (Å²) in [5.41, 5.74) is 1.30. The Morgan fingerprint density at radius 2 is 2.03 bits per heavy atom. The average molecular weight is 523 g/mol. The van der Waals surface area contributed by atoms with E-state index in [1.807, 2.05) is 0 Å². The quantitative estimate of drug-likeness (QED) is 0.379. The van der Waals surface area contributed by atoms with Crippen molar-refractivity contribution in [2.24, 2.45) is 0 Å². The number of H-pyrrole nitrogens is 1.